The lowest BCUT2D eigenvalue weighted by molar-refractivity contribution is -0.138. The average molecular weight is 251 g/mol. The number of nitrogens with one attached hydrogen (secondary N) is 1. The maximum Gasteiger partial charge on any atom is 0.310 e. The molecule has 0 aliphatic rings. The van der Waals surface area contributed by atoms with Crippen molar-refractivity contribution in [2.24, 2.45) is 0 Å². The molecule has 1 rings (SSSR count). The van der Waals surface area contributed by atoms with E-state index in [1.165, 1.54) is 0 Å². The summed E-state index contributed by atoms with van der Waals surface area (Å²) in [6, 6.07) is 7.57. The highest BCUT2D eigenvalue weighted by atomic mass is 16.4. The van der Waals surface area contributed by atoms with E-state index in [1.54, 1.807) is 13.8 Å². The van der Waals surface area contributed by atoms with Crippen LogP contribution >= 0.6 is 0 Å². The van der Waals surface area contributed by atoms with Crippen LogP contribution in [0.4, 0.5) is 0 Å². The van der Waals surface area contributed by atoms with Gasteiger partial charge in [-0.05, 0) is 37.9 Å². The number of carboxylic acid groups (broad SMARTS) is 1. The van der Waals surface area contributed by atoms with E-state index in [4.69, 9.17) is 10.2 Å². The van der Waals surface area contributed by atoms with Gasteiger partial charge in [-0.3, -0.25) is 4.79 Å². The maximum atomic E-state index is 10.8. The first kappa shape index (κ1) is 14.7. The van der Waals surface area contributed by atoms with Crippen molar-refractivity contribution in [2.75, 3.05) is 6.54 Å². The molecule has 0 saturated carbocycles. The Hall–Kier alpha value is -1.39. The topological polar surface area (TPSA) is 69.6 Å². The Morgan fingerprint density at radius 3 is 2.39 bits per heavy atom. The number of hydrogen-bond donors (Lipinski definition) is 3. The predicted molar refractivity (Wildman–Crippen MR) is 70.5 cm³/mol. The summed E-state index contributed by atoms with van der Waals surface area (Å²) in [6.07, 6.45) is 0.449. The van der Waals surface area contributed by atoms with Crippen molar-refractivity contribution in [3.05, 3.63) is 35.4 Å². The fourth-order valence-electron chi connectivity index (χ4n) is 1.61. The molecule has 0 fully saturated rings. The second-order valence-corrected chi connectivity index (χ2v) is 4.62. The van der Waals surface area contributed by atoms with Crippen LogP contribution in [0.3, 0.4) is 0 Å². The second-order valence-electron chi connectivity index (χ2n) is 4.62. The van der Waals surface area contributed by atoms with Gasteiger partial charge in [0.25, 0.3) is 0 Å². The van der Waals surface area contributed by atoms with Gasteiger partial charge >= 0.3 is 5.97 Å². The lowest BCUT2D eigenvalue weighted by Gasteiger charge is -2.09. The van der Waals surface area contributed by atoms with Gasteiger partial charge in [0.15, 0.2) is 0 Å². The highest BCUT2D eigenvalue weighted by molar-refractivity contribution is 5.75. The Morgan fingerprint density at radius 1 is 1.28 bits per heavy atom. The van der Waals surface area contributed by atoms with Crippen LogP contribution in [-0.4, -0.2) is 28.8 Å². The number of benzene rings is 1. The molecular formula is C14H21NO3. The van der Waals surface area contributed by atoms with Crippen LogP contribution in [-0.2, 0) is 11.3 Å². The molecule has 4 heteroatoms. The fraction of sp³-hybridized carbons (Fsp3) is 0.500. The summed E-state index contributed by atoms with van der Waals surface area (Å²) in [7, 11) is 0. The first-order valence-electron chi connectivity index (χ1n) is 6.21. The van der Waals surface area contributed by atoms with Crippen LogP contribution in [0.1, 0.15) is 37.3 Å². The third kappa shape index (κ3) is 4.85. The highest BCUT2D eigenvalue weighted by Crippen LogP contribution is 2.15. The lowest BCUT2D eigenvalue weighted by Crippen LogP contribution is -2.18. The van der Waals surface area contributed by atoms with Gasteiger partial charge in [-0.25, -0.2) is 0 Å². The van der Waals surface area contributed by atoms with E-state index in [-0.39, 0.29) is 6.10 Å². The summed E-state index contributed by atoms with van der Waals surface area (Å²) in [4.78, 5) is 10.8. The molecule has 3 N–H and O–H groups in total. The van der Waals surface area contributed by atoms with Crippen LogP contribution in [0.2, 0.25) is 0 Å². The van der Waals surface area contributed by atoms with E-state index in [0.29, 0.717) is 0 Å². The lowest BCUT2D eigenvalue weighted by atomic mass is 10.00. The van der Waals surface area contributed by atoms with Crippen LogP contribution < -0.4 is 5.32 Å². The Labute approximate surface area is 108 Å². The van der Waals surface area contributed by atoms with Crippen molar-refractivity contribution < 1.29 is 15.0 Å². The number of rotatable bonds is 7. The van der Waals surface area contributed by atoms with Crippen molar-refractivity contribution in [1.29, 1.82) is 0 Å². The number of hydrogen-bond acceptors (Lipinski definition) is 3. The third-order valence-electron chi connectivity index (χ3n) is 2.92. The zero-order chi connectivity index (χ0) is 13.5. The molecule has 2 atom stereocenters. The molecule has 0 heterocycles. The summed E-state index contributed by atoms with van der Waals surface area (Å²) in [5, 5.41) is 21.2. The van der Waals surface area contributed by atoms with Gasteiger partial charge in [-0.1, -0.05) is 24.3 Å². The van der Waals surface area contributed by atoms with Gasteiger partial charge < -0.3 is 15.5 Å². The maximum absolute atomic E-state index is 10.8. The molecule has 0 aromatic heterocycles. The number of carboxylic acids is 1. The van der Waals surface area contributed by atoms with E-state index < -0.39 is 11.9 Å². The first-order valence-corrected chi connectivity index (χ1v) is 6.21. The molecule has 0 spiro atoms. The van der Waals surface area contributed by atoms with Gasteiger partial charge in [-0.15, -0.1) is 0 Å². The SMILES string of the molecule is CC(O)CCNCc1ccc(C(C)C(=O)O)cc1. The Balaban J connectivity index is 2.43. The van der Waals surface area contributed by atoms with Crippen molar-refractivity contribution in [1.82, 2.24) is 5.32 Å². The summed E-state index contributed by atoms with van der Waals surface area (Å²) < 4.78 is 0. The molecular weight excluding hydrogens is 230 g/mol. The van der Waals surface area contributed by atoms with Crippen LogP contribution in [0, 0.1) is 0 Å². The summed E-state index contributed by atoms with van der Waals surface area (Å²) in [5.41, 5.74) is 1.93. The van der Waals surface area contributed by atoms with E-state index >= 15 is 0 Å². The number of aliphatic hydroxyl groups excluding tert-OH is 1. The summed E-state index contributed by atoms with van der Waals surface area (Å²) in [5.74, 6) is -1.28. The normalized spacial score (nSPS) is 14.2. The summed E-state index contributed by atoms with van der Waals surface area (Å²) in [6.45, 7) is 4.95. The highest BCUT2D eigenvalue weighted by Gasteiger charge is 2.12. The predicted octanol–water partition coefficient (Wildman–Crippen LogP) is 1.74. The molecule has 18 heavy (non-hydrogen) atoms. The number of aliphatic hydroxyl groups is 1. The molecule has 100 valence electrons. The molecule has 1 aromatic carbocycles. The first-order chi connectivity index (χ1) is 8.50. The van der Waals surface area contributed by atoms with E-state index in [1.807, 2.05) is 24.3 Å². The molecule has 0 aliphatic heterocycles. The van der Waals surface area contributed by atoms with Crippen molar-refractivity contribution >= 4 is 5.97 Å². The van der Waals surface area contributed by atoms with Crippen molar-refractivity contribution in [3.8, 4) is 0 Å². The van der Waals surface area contributed by atoms with E-state index in [0.717, 1.165) is 30.6 Å². The van der Waals surface area contributed by atoms with Crippen molar-refractivity contribution in [2.45, 2.75) is 38.8 Å². The van der Waals surface area contributed by atoms with Gasteiger partial charge in [0.2, 0.25) is 0 Å². The molecule has 0 saturated heterocycles. The average Bonchev–Trinajstić information content (AvgIpc) is 2.34. The minimum absolute atomic E-state index is 0.281. The zero-order valence-electron chi connectivity index (χ0n) is 10.9. The number of aliphatic carboxylic acids is 1. The monoisotopic (exact) mass is 251 g/mol. The summed E-state index contributed by atoms with van der Waals surface area (Å²) >= 11 is 0. The van der Waals surface area contributed by atoms with Crippen LogP contribution in [0.25, 0.3) is 0 Å². The van der Waals surface area contributed by atoms with Crippen LogP contribution in [0.5, 0.6) is 0 Å². The minimum atomic E-state index is -0.808. The van der Waals surface area contributed by atoms with Gasteiger partial charge in [0, 0.05) is 6.54 Å². The van der Waals surface area contributed by atoms with E-state index in [9.17, 15) is 4.79 Å². The quantitative estimate of drug-likeness (QED) is 0.646. The Kier molecular flexibility index (Phi) is 5.82. The molecule has 0 bridgehead atoms. The van der Waals surface area contributed by atoms with Crippen LogP contribution in [0.15, 0.2) is 24.3 Å². The van der Waals surface area contributed by atoms with Gasteiger partial charge in [0.05, 0.1) is 12.0 Å². The fourth-order valence-corrected chi connectivity index (χ4v) is 1.61. The Morgan fingerprint density at radius 2 is 1.89 bits per heavy atom. The largest absolute Gasteiger partial charge is 0.481 e. The molecule has 1 aromatic rings. The molecule has 2 unspecified atom stereocenters. The minimum Gasteiger partial charge on any atom is -0.481 e. The standard InChI is InChI=1S/C14H21NO3/c1-10(16)7-8-15-9-12-3-5-13(6-4-12)11(2)14(17)18/h3-6,10-11,15-16H,7-9H2,1-2H3,(H,17,18). The molecule has 0 aliphatic carbocycles. The number of carbonyl (C=O) groups is 1. The van der Waals surface area contributed by atoms with E-state index in [2.05, 4.69) is 5.32 Å². The molecule has 0 amide bonds. The molecule has 0 radical (unpaired) electrons. The van der Waals surface area contributed by atoms with Gasteiger partial charge in [-0.2, -0.15) is 0 Å². The third-order valence-corrected chi connectivity index (χ3v) is 2.92. The zero-order valence-corrected chi connectivity index (χ0v) is 10.9. The molecule has 4 nitrogen and oxygen atoms in total. The van der Waals surface area contributed by atoms with Crippen molar-refractivity contribution in [3.63, 3.8) is 0 Å². The van der Waals surface area contributed by atoms with Gasteiger partial charge in [0.1, 0.15) is 0 Å². The Bertz CT molecular complexity index is 373. The second kappa shape index (κ2) is 7.13. The smallest absolute Gasteiger partial charge is 0.310 e.